The van der Waals surface area contributed by atoms with Gasteiger partial charge in [0.2, 0.25) is 0 Å². The van der Waals surface area contributed by atoms with Crippen molar-refractivity contribution in [2.75, 3.05) is 6.61 Å². The molecule has 3 nitrogen and oxygen atoms in total. The van der Waals surface area contributed by atoms with E-state index in [9.17, 15) is 8.78 Å². The molecule has 0 bridgehead atoms. The number of hydrogen-bond acceptors (Lipinski definition) is 3. The number of rotatable bonds is 3. The van der Waals surface area contributed by atoms with Crippen molar-refractivity contribution in [1.29, 1.82) is 0 Å². The average molecular weight is 267 g/mol. The van der Waals surface area contributed by atoms with E-state index >= 15 is 0 Å². The summed E-state index contributed by atoms with van der Waals surface area (Å²) >= 11 is 3.01. The first-order chi connectivity index (χ1) is 6.49. The van der Waals surface area contributed by atoms with Crippen molar-refractivity contribution < 1.29 is 13.9 Å². The molecule has 0 aliphatic rings. The highest BCUT2D eigenvalue weighted by atomic mass is 79.9. The van der Waals surface area contributed by atoms with Crippen molar-refractivity contribution in [2.24, 2.45) is 5.73 Å². The van der Waals surface area contributed by atoms with Gasteiger partial charge in [0.25, 0.3) is 5.92 Å². The van der Waals surface area contributed by atoms with Crippen LogP contribution in [-0.4, -0.2) is 22.6 Å². The minimum Gasteiger partial charge on any atom is -0.390 e. The molecule has 78 valence electrons. The van der Waals surface area contributed by atoms with Crippen LogP contribution in [0.2, 0.25) is 0 Å². The zero-order valence-corrected chi connectivity index (χ0v) is 8.71. The monoisotopic (exact) mass is 266 g/mol. The Morgan fingerprint density at radius 2 is 2.29 bits per heavy atom. The third-order valence-electron chi connectivity index (χ3n) is 1.79. The second kappa shape index (κ2) is 4.29. The summed E-state index contributed by atoms with van der Waals surface area (Å²) in [5.74, 6) is -3.34. The van der Waals surface area contributed by atoms with Crippen molar-refractivity contribution in [3.63, 3.8) is 0 Å². The van der Waals surface area contributed by atoms with E-state index in [1.54, 1.807) is 0 Å². The summed E-state index contributed by atoms with van der Waals surface area (Å²) in [7, 11) is 0. The number of nitrogens with two attached hydrogens (primary N) is 1. The first-order valence-electron chi connectivity index (χ1n) is 3.83. The molecule has 0 aromatic carbocycles. The van der Waals surface area contributed by atoms with E-state index in [1.807, 2.05) is 0 Å². The summed E-state index contributed by atoms with van der Waals surface area (Å²) in [5, 5.41) is 8.45. The van der Waals surface area contributed by atoms with Gasteiger partial charge in [-0.1, -0.05) is 6.07 Å². The molecule has 1 heterocycles. The number of aliphatic hydroxyl groups excluding tert-OH is 1. The summed E-state index contributed by atoms with van der Waals surface area (Å²) in [5.41, 5.74) is 5.48. The maximum Gasteiger partial charge on any atom is 0.289 e. The molecule has 3 N–H and O–H groups in total. The standard InChI is InChI=1S/C8H9BrF2N2O/c9-7-5(2-1-3-13-7)6(12)8(10,11)4-14/h1-3,6,14H,4,12H2/t6-/m1/s1. The number of hydrogen-bond donors (Lipinski definition) is 2. The zero-order valence-electron chi connectivity index (χ0n) is 7.12. The second-order valence-corrected chi connectivity index (χ2v) is 3.53. The predicted molar refractivity (Wildman–Crippen MR) is 50.9 cm³/mol. The highest BCUT2D eigenvalue weighted by molar-refractivity contribution is 9.10. The van der Waals surface area contributed by atoms with Crippen molar-refractivity contribution >= 4 is 15.9 Å². The van der Waals surface area contributed by atoms with Crippen molar-refractivity contribution in [1.82, 2.24) is 4.98 Å². The molecular weight excluding hydrogens is 258 g/mol. The molecule has 0 spiro atoms. The van der Waals surface area contributed by atoms with E-state index in [1.165, 1.54) is 18.3 Å². The molecule has 1 aromatic heterocycles. The number of alkyl halides is 2. The van der Waals surface area contributed by atoms with Gasteiger partial charge in [0.15, 0.2) is 0 Å². The summed E-state index contributed by atoms with van der Waals surface area (Å²) in [6.07, 6.45) is 1.46. The number of aliphatic hydroxyl groups is 1. The number of aromatic nitrogens is 1. The van der Waals surface area contributed by atoms with Gasteiger partial charge in [-0.05, 0) is 22.0 Å². The lowest BCUT2D eigenvalue weighted by atomic mass is 10.0. The van der Waals surface area contributed by atoms with Crippen molar-refractivity contribution in [3.8, 4) is 0 Å². The van der Waals surface area contributed by atoms with Gasteiger partial charge in [-0.15, -0.1) is 0 Å². The predicted octanol–water partition coefficient (Wildman–Crippen LogP) is 1.47. The van der Waals surface area contributed by atoms with Crippen LogP contribution in [-0.2, 0) is 0 Å². The van der Waals surface area contributed by atoms with Gasteiger partial charge in [0, 0.05) is 11.8 Å². The highest BCUT2D eigenvalue weighted by Gasteiger charge is 2.38. The normalized spacial score (nSPS) is 14.1. The fourth-order valence-electron chi connectivity index (χ4n) is 0.956. The van der Waals surface area contributed by atoms with E-state index in [0.29, 0.717) is 0 Å². The fraction of sp³-hybridized carbons (Fsp3) is 0.375. The van der Waals surface area contributed by atoms with Crippen LogP contribution in [0.3, 0.4) is 0 Å². The third-order valence-corrected chi connectivity index (χ3v) is 2.45. The van der Waals surface area contributed by atoms with E-state index in [2.05, 4.69) is 20.9 Å². The zero-order chi connectivity index (χ0) is 10.8. The minimum absolute atomic E-state index is 0.173. The van der Waals surface area contributed by atoms with Crippen LogP contribution < -0.4 is 5.73 Å². The molecule has 0 amide bonds. The number of nitrogens with zero attached hydrogens (tertiary/aromatic N) is 1. The molecule has 0 aliphatic heterocycles. The lowest BCUT2D eigenvalue weighted by Gasteiger charge is -2.21. The van der Waals surface area contributed by atoms with Crippen molar-refractivity contribution in [3.05, 3.63) is 28.5 Å². The minimum atomic E-state index is -3.34. The van der Waals surface area contributed by atoms with Crippen LogP contribution in [0.4, 0.5) is 8.78 Å². The Morgan fingerprint density at radius 1 is 1.64 bits per heavy atom. The Labute approximate surface area is 88.1 Å². The van der Waals surface area contributed by atoms with Crippen LogP contribution in [0.1, 0.15) is 11.6 Å². The Kier molecular flexibility index (Phi) is 3.52. The van der Waals surface area contributed by atoms with Crippen LogP contribution in [0.5, 0.6) is 0 Å². The van der Waals surface area contributed by atoms with Gasteiger partial charge >= 0.3 is 0 Å². The summed E-state index contributed by atoms with van der Waals surface area (Å²) < 4.78 is 26.2. The number of halogens is 3. The Balaban J connectivity index is 3.00. The van der Waals surface area contributed by atoms with Gasteiger partial charge in [0.1, 0.15) is 11.2 Å². The van der Waals surface area contributed by atoms with E-state index < -0.39 is 18.6 Å². The van der Waals surface area contributed by atoms with Gasteiger partial charge in [0.05, 0.1) is 6.04 Å². The number of pyridine rings is 1. The summed E-state index contributed by atoms with van der Waals surface area (Å²) in [4.78, 5) is 3.77. The third kappa shape index (κ3) is 2.26. The molecule has 1 aromatic rings. The molecule has 6 heteroatoms. The molecule has 0 saturated carbocycles. The Bertz CT molecular complexity index is 322. The molecule has 0 saturated heterocycles. The first-order valence-corrected chi connectivity index (χ1v) is 4.63. The molecular formula is C8H9BrF2N2O. The first kappa shape index (κ1) is 11.5. The van der Waals surface area contributed by atoms with Gasteiger partial charge < -0.3 is 10.8 Å². The van der Waals surface area contributed by atoms with E-state index in [4.69, 9.17) is 10.8 Å². The molecule has 1 atom stereocenters. The van der Waals surface area contributed by atoms with Gasteiger partial charge in [-0.3, -0.25) is 0 Å². The fourth-order valence-corrected chi connectivity index (χ4v) is 1.45. The molecule has 0 unspecified atom stereocenters. The second-order valence-electron chi connectivity index (χ2n) is 2.78. The van der Waals surface area contributed by atoms with Gasteiger partial charge in [-0.2, -0.15) is 0 Å². The average Bonchev–Trinajstić information content (AvgIpc) is 2.17. The quantitative estimate of drug-likeness (QED) is 0.815. The molecule has 0 fully saturated rings. The summed E-state index contributed by atoms with van der Waals surface area (Å²) in [6.45, 7) is -1.28. The van der Waals surface area contributed by atoms with E-state index in [0.717, 1.165) is 0 Å². The molecule has 0 radical (unpaired) electrons. The Morgan fingerprint density at radius 3 is 2.79 bits per heavy atom. The SMILES string of the molecule is N[C@H](c1cccnc1Br)C(F)(F)CO. The smallest absolute Gasteiger partial charge is 0.289 e. The topological polar surface area (TPSA) is 59.1 Å². The van der Waals surface area contributed by atoms with Crippen LogP contribution in [0.15, 0.2) is 22.9 Å². The van der Waals surface area contributed by atoms with Crippen LogP contribution in [0, 0.1) is 0 Å². The van der Waals surface area contributed by atoms with Gasteiger partial charge in [-0.25, -0.2) is 13.8 Å². The maximum absolute atomic E-state index is 13.0. The van der Waals surface area contributed by atoms with Crippen LogP contribution in [0.25, 0.3) is 0 Å². The van der Waals surface area contributed by atoms with Crippen molar-refractivity contribution in [2.45, 2.75) is 12.0 Å². The molecule has 1 rings (SSSR count). The largest absolute Gasteiger partial charge is 0.390 e. The highest BCUT2D eigenvalue weighted by Crippen LogP contribution is 2.31. The Hall–Kier alpha value is -0.590. The maximum atomic E-state index is 13.0. The molecule has 0 aliphatic carbocycles. The summed E-state index contributed by atoms with van der Waals surface area (Å²) in [6, 6.07) is 1.38. The molecule has 14 heavy (non-hydrogen) atoms. The van der Waals surface area contributed by atoms with E-state index in [-0.39, 0.29) is 10.2 Å². The lowest BCUT2D eigenvalue weighted by Crippen LogP contribution is -2.36. The van der Waals surface area contributed by atoms with Crippen LogP contribution >= 0.6 is 15.9 Å². The lowest BCUT2D eigenvalue weighted by molar-refractivity contribution is -0.0714.